The lowest BCUT2D eigenvalue weighted by molar-refractivity contribution is -0.384. The first kappa shape index (κ1) is 18.7. The number of nitro groups is 1. The summed E-state index contributed by atoms with van der Waals surface area (Å²) >= 11 is 0. The van der Waals surface area contributed by atoms with E-state index in [9.17, 15) is 14.9 Å². The van der Waals surface area contributed by atoms with Crippen molar-refractivity contribution in [3.8, 4) is 0 Å². The Hall–Kier alpha value is -3.68. The number of nitro benzene ring substituents is 1. The molecule has 1 aliphatic heterocycles. The van der Waals surface area contributed by atoms with Crippen LogP contribution >= 0.6 is 0 Å². The van der Waals surface area contributed by atoms with Crippen molar-refractivity contribution in [2.24, 2.45) is 0 Å². The van der Waals surface area contributed by atoms with Gasteiger partial charge in [0.2, 0.25) is 0 Å². The molecule has 2 aromatic carbocycles. The molecule has 1 aliphatic rings. The van der Waals surface area contributed by atoms with E-state index < -0.39 is 4.92 Å². The zero-order valence-electron chi connectivity index (χ0n) is 15.8. The molecule has 1 N–H and O–H groups in total. The SMILES string of the molecule is O=C(Nc1ccc(Cn2cccn2)cc1)c1ccc(N2CCCC2)c([N+](=O)[O-])c1. The Morgan fingerprint density at radius 3 is 2.55 bits per heavy atom. The number of carbonyl (C=O) groups is 1. The lowest BCUT2D eigenvalue weighted by atomic mass is 10.1. The molecular weight excluding hydrogens is 370 g/mol. The number of benzene rings is 2. The summed E-state index contributed by atoms with van der Waals surface area (Å²) in [5.41, 5.74) is 2.49. The number of hydrogen-bond acceptors (Lipinski definition) is 5. The third kappa shape index (κ3) is 4.26. The highest BCUT2D eigenvalue weighted by Crippen LogP contribution is 2.31. The van der Waals surface area contributed by atoms with Gasteiger partial charge in [-0.25, -0.2) is 0 Å². The fourth-order valence-electron chi connectivity index (χ4n) is 3.51. The normalized spacial score (nSPS) is 13.4. The number of carbonyl (C=O) groups excluding carboxylic acids is 1. The van der Waals surface area contributed by atoms with Gasteiger partial charge in [-0.05, 0) is 48.7 Å². The highest BCUT2D eigenvalue weighted by Gasteiger charge is 2.23. The van der Waals surface area contributed by atoms with Crippen LogP contribution in [0.3, 0.4) is 0 Å². The van der Waals surface area contributed by atoms with E-state index >= 15 is 0 Å². The van der Waals surface area contributed by atoms with Crippen LogP contribution in [0.1, 0.15) is 28.8 Å². The van der Waals surface area contributed by atoms with E-state index in [4.69, 9.17) is 0 Å². The standard InChI is InChI=1S/C21H21N5O3/c27-21(23-18-7-4-16(5-8-18)15-25-13-3-10-22-25)17-6-9-19(20(14-17)26(28)29)24-11-1-2-12-24/h3-10,13-14H,1-2,11-12,15H2,(H,23,27). The summed E-state index contributed by atoms with van der Waals surface area (Å²) in [7, 11) is 0. The molecule has 1 fully saturated rings. The predicted octanol–water partition coefficient (Wildman–Crippen LogP) is 3.69. The molecule has 3 aromatic rings. The number of rotatable bonds is 6. The number of aromatic nitrogens is 2. The molecule has 4 rings (SSSR count). The molecular formula is C21H21N5O3. The summed E-state index contributed by atoms with van der Waals surface area (Å²) in [6.07, 6.45) is 5.66. The van der Waals surface area contributed by atoms with Crippen molar-refractivity contribution < 1.29 is 9.72 Å². The molecule has 0 spiro atoms. The second kappa shape index (κ2) is 8.14. The minimum atomic E-state index is -0.422. The molecule has 2 heterocycles. The predicted molar refractivity (Wildman–Crippen MR) is 110 cm³/mol. The molecule has 1 aromatic heterocycles. The fraction of sp³-hybridized carbons (Fsp3) is 0.238. The minimum absolute atomic E-state index is 0.0332. The third-order valence-corrected chi connectivity index (χ3v) is 5.00. The zero-order chi connectivity index (χ0) is 20.2. The quantitative estimate of drug-likeness (QED) is 0.511. The molecule has 148 valence electrons. The lowest BCUT2D eigenvalue weighted by Gasteiger charge is -2.17. The minimum Gasteiger partial charge on any atom is -0.366 e. The Kier molecular flexibility index (Phi) is 5.24. The van der Waals surface area contributed by atoms with Crippen molar-refractivity contribution in [2.45, 2.75) is 19.4 Å². The summed E-state index contributed by atoms with van der Waals surface area (Å²) in [6, 6.07) is 14.0. The Morgan fingerprint density at radius 1 is 1.14 bits per heavy atom. The van der Waals surface area contributed by atoms with Gasteiger partial charge in [-0.15, -0.1) is 0 Å². The first-order chi connectivity index (χ1) is 14.1. The topological polar surface area (TPSA) is 93.3 Å². The van der Waals surface area contributed by atoms with Gasteiger partial charge in [-0.1, -0.05) is 12.1 Å². The molecule has 1 amide bonds. The first-order valence-corrected chi connectivity index (χ1v) is 9.51. The second-order valence-electron chi connectivity index (χ2n) is 7.01. The van der Waals surface area contributed by atoms with Gasteiger partial charge in [0, 0.05) is 42.8 Å². The molecule has 8 nitrogen and oxygen atoms in total. The summed E-state index contributed by atoms with van der Waals surface area (Å²) < 4.78 is 1.81. The Labute approximate surface area is 167 Å². The molecule has 8 heteroatoms. The molecule has 0 atom stereocenters. The van der Waals surface area contributed by atoms with Gasteiger partial charge in [0.1, 0.15) is 5.69 Å². The highest BCUT2D eigenvalue weighted by atomic mass is 16.6. The molecule has 1 saturated heterocycles. The van der Waals surface area contributed by atoms with E-state index in [0.717, 1.165) is 31.5 Å². The van der Waals surface area contributed by atoms with Crippen LogP contribution in [0.5, 0.6) is 0 Å². The van der Waals surface area contributed by atoms with Crippen LogP contribution in [0, 0.1) is 10.1 Å². The van der Waals surface area contributed by atoms with Crippen LogP contribution in [0.2, 0.25) is 0 Å². The van der Waals surface area contributed by atoms with Gasteiger partial charge in [0.15, 0.2) is 0 Å². The van der Waals surface area contributed by atoms with Crippen molar-refractivity contribution in [1.29, 1.82) is 0 Å². The van der Waals surface area contributed by atoms with Crippen molar-refractivity contribution >= 4 is 23.0 Å². The van der Waals surface area contributed by atoms with Crippen LogP contribution in [-0.4, -0.2) is 33.7 Å². The molecule has 0 unspecified atom stereocenters. The van der Waals surface area contributed by atoms with Crippen LogP contribution in [0.4, 0.5) is 17.1 Å². The summed E-state index contributed by atoms with van der Waals surface area (Å²) in [5.74, 6) is -0.374. The molecule has 0 aliphatic carbocycles. The molecule has 0 bridgehead atoms. The van der Waals surface area contributed by atoms with E-state index in [-0.39, 0.29) is 17.2 Å². The largest absolute Gasteiger partial charge is 0.366 e. The van der Waals surface area contributed by atoms with E-state index in [0.29, 0.717) is 17.9 Å². The van der Waals surface area contributed by atoms with Crippen molar-refractivity contribution in [2.75, 3.05) is 23.3 Å². The van der Waals surface area contributed by atoms with Gasteiger partial charge >= 0.3 is 0 Å². The average Bonchev–Trinajstić information content (AvgIpc) is 3.43. The van der Waals surface area contributed by atoms with Gasteiger partial charge in [0.25, 0.3) is 11.6 Å². The summed E-state index contributed by atoms with van der Waals surface area (Å²) in [6.45, 7) is 2.25. The van der Waals surface area contributed by atoms with Crippen LogP contribution in [-0.2, 0) is 6.54 Å². The third-order valence-electron chi connectivity index (χ3n) is 5.00. The van der Waals surface area contributed by atoms with E-state index in [1.54, 1.807) is 18.3 Å². The Bertz CT molecular complexity index is 1010. The summed E-state index contributed by atoms with van der Waals surface area (Å²) in [4.78, 5) is 25.7. The fourth-order valence-corrected chi connectivity index (χ4v) is 3.51. The number of nitrogens with one attached hydrogen (secondary N) is 1. The summed E-state index contributed by atoms with van der Waals surface area (Å²) in [5, 5.41) is 18.5. The van der Waals surface area contributed by atoms with Crippen LogP contribution in [0.15, 0.2) is 60.9 Å². The highest BCUT2D eigenvalue weighted by molar-refractivity contribution is 6.05. The Balaban J connectivity index is 1.47. The molecule has 29 heavy (non-hydrogen) atoms. The van der Waals surface area contributed by atoms with Crippen molar-refractivity contribution in [1.82, 2.24) is 9.78 Å². The lowest BCUT2D eigenvalue weighted by Crippen LogP contribution is -2.19. The van der Waals surface area contributed by atoms with Crippen LogP contribution < -0.4 is 10.2 Å². The monoisotopic (exact) mass is 391 g/mol. The second-order valence-corrected chi connectivity index (χ2v) is 7.01. The number of anilines is 2. The van der Waals surface area contributed by atoms with Gasteiger partial charge in [-0.2, -0.15) is 5.10 Å². The van der Waals surface area contributed by atoms with Gasteiger partial charge < -0.3 is 10.2 Å². The maximum atomic E-state index is 12.6. The van der Waals surface area contributed by atoms with Crippen LogP contribution in [0.25, 0.3) is 0 Å². The maximum Gasteiger partial charge on any atom is 0.293 e. The number of hydrogen-bond donors (Lipinski definition) is 1. The number of nitrogens with zero attached hydrogens (tertiary/aromatic N) is 4. The molecule has 0 saturated carbocycles. The Morgan fingerprint density at radius 2 is 1.90 bits per heavy atom. The first-order valence-electron chi connectivity index (χ1n) is 9.51. The number of amides is 1. The average molecular weight is 391 g/mol. The van der Waals surface area contributed by atoms with E-state index in [1.807, 2.05) is 46.1 Å². The van der Waals surface area contributed by atoms with Gasteiger partial charge in [-0.3, -0.25) is 19.6 Å². The van der Waals surface area contributed by atoms with Crippen molar-refractivity contribution in [3.05, 3.63) is 82.2 Å². The van der Waals surface area contributed by atoms with E-state index in [2.05, 4.69) is 10.4 Å². The zero-order valence-corrected chi connectivity index (χ0v) is 15.8. The smallest absolute Gasteiger partial charge is 0.293 e. The molecule has 0 radical (unpaired) electrons. The van der Waals surface area contributed by atoms with Crippen molar-refractivity contribution in [3.63, 3.8) is 0 Å². The maximum absolute atomic E-state index is 12.6. The van der Waals surface area contributed by atoms with Gasteiger partial charge in [0.05, 0.1) is 11.5 Å². The van der Waals surface area contributed by atoms with E-state index in [1.165, 1.54) is 6.07 Å².